The van der Waals surface area contributed by atoms with Crippen molar-refractivity contribution in [2.24, 2.45) is 0 Å². The van der Waals surface area contributed by atoms with Gasteiger partial charge in [-0.25, -0.2) is 0 Å². The number of allylic oxidation sites excluding steroid dienone is 2. The highest BCUT2D eigenvalue weighted by molar-refractivity contribution is 5.71. The smallest absolute Gasteiger partial charge is 0.306 e. The van der Waals surface area contributed by atoms with Gasteiger partial charge in [-0.05, 0) is 44.9 Å². The summed E-state index contributed by atoms with van der Waals surface area (Å²) in [6, 6.07) is 0. The van der Waals surface area contributed by atoms with Gasteiger partial charge < -0.3 is 14.2 Å². The van der Waals surface area contributed by atoms with Crippen LogP contribution < -0.4 is 0 Å². The van der Waals surface area contributed by atoms with Crippen molar-refractivity contribution in [2.45, 2.75) is 271 Å². The average molecular weight is 777 g/mol. The summed E-state index contributed by atoms with van der Waals surface area (Å²) in [5, 5.41) is 0. The van der Waals surface area contributed by atoms with E-state index in [1.165, 1.54) is 167 Å². The lowest BCUT2D eigenvalue weighted by molar-refractivity contribution is -0.167. The van der Waals surface area contributed by atoms with Gasteiger partial charge in [-0.2, -0.15) is 0 Å². The molecule has 0 radical (unpaired) electrons. The first-order valence-electron chi connectivity index (χ1n) is 24.2. The Morgan fingerprint density at radius 2 is 0.600 bits per heavy atom. The Kier molecular flexibility index (Phi) is 43.4. The molecule has 0 N–H and O–H groups in total. The predicted octanol–water partition coefficient (Wildman–Crippen LogP) is 15.4. The first-order chi connectivity index (χ1) is 27.0. The number of rotatable bonds is 44. The molecule has 0 aromatic heterocycles. The van der Waals surface area contributed by atoms with Gasteiger partial charge in [0.05, 0.1) is 0 Å². The van der Waals surface area contributed by atoms with Crippen molar-refractivity contribution < 1.29 is 28.6 Å². The van der Waals surface area contributed by atoms with Crippen molar-refractivity contribution in [3.05, 3.63) is 12.2 Å². The van der Waals surface area contributed by atoms with Crippen LogP contribution in [-0.4, -0.2) is 37.2 Å². The van der Waals surface area contributed by atoms with Crippen LogP contribution in [0, 0.1) is 0 Å². The van der Waals surface area contributed by atoms with E-state index in [4.69, 9.17) is 14.2 Å². The molecule has 0 aliphatic carbocycles. The highest BCUT2D eigenvalue weighted by atomic mass is 16.6. The quantitative estimate of drug-likeness (QED) is 0.0265. The van der Waals surface area contributed by atoms with Crippen molar-refractivity contribution in [1.82, 2.24) is 0 Å². The molecule has 0 saturated carbocycles. The molecule has 6 heteroatoms. The maximum Gasteiger partial charge on any atom is 0.306 e. The van der Waals surface area contributed by atoms with Crippen LogP contribution in [0.2, 0.25) is 0 Å². The van der Waals surface area contributed by atoms with Gasteiger partial charge in [0.2, 0.25) is 0 Å². The standard InChI is InChI=1S/C49H92O6/c1-4-7-10-13-16-17-18-19-20-21-22-23-24-25-26-27-28-29-30-31-32-33-34-37-39-42-48(51)54-45-46(55-49(52)43-40-36-15-12-9-6-3)44-53-47(50)41-38-35-14-11-8-5-2/h21-22,46H,4-20,23-45H2,1-3H3/b22-21-. The van der Waals surface area contributed by atoms with Crippen LogP contribution >= 0.6 is 0 Å². The molecule has 0 aromatic carbocycles. The molecule has 0 fully saturated rings. The summed E-state index contributed by atoms with van der Waals surface area (Å²) in [5.74, 6) is -0.880. The van der Waals surface area contributed by atoms with Crippen molar-refractivity contribution in [1.29, 1.82) is 0 Å². The Hall–Kier alpha value is -1.85. The van der Waals surface area contributed by atoms with Gasteiger partial charge >= 0.3 is 17.9 Å². The van der Waals surface area contributed by atoms with Crippen molar-refractivity contribution in [3.63, 3.8) is 0 Å². The zero-order valence-electron chi connectivity index (χ0n) is 37.0. The fourth-order valence-electron chi connectivity index (χ4n) is 7.08. The third-order valence-electron chi connectivity index (χ3n) is 10.8. The molecule has 0 saturated heterocycles. The highest BCUT2D eigenvalue weighted by Gasteiger charge is 2.19. The lowest BCUT2D eigenvalue weighted by atomic mass is 10.0. The predicted molar refractivity (Wildman–Crippen MR) is 233 cm³/mol. The van der Waals surface area contributed by atoms with E-state index >= 15 is 0 Å². The van der Waals surface area contributed by atoms with E-state index in [9.17, 15) is 14.4 Å². The molecule has 1 unspecified atom stereocenters. The minimum absolute atomic E-state index is 0.0673. The fraction of sp³-hybridized carbons (Fsp3) is 0.898. The number of unbranched alkanes of at least 4 members (excludes halogenated alkanes) is 31. The molecular weight excluding hydrogens is 685 g/mol. The largest absolute Gasteiger partial charge is 0.462 e. The third-order valence-corrected chi connectivity index (χ3v) is 10.8. The second-order valence-electron chi connectivity index (χ2n) is 16.4. The van der Waals surface area contributed by atoms with Gasteiger partial charge in [0.25, 0.3) is 0 Å². The van der Waals surface area contributed by atoms with E-state index < -0.39 is 6.10 Å². The van der Waals surface area contributed by atoms with Crippen LogP contribution in [-0.2, 0) is 28.6 Å². The molecule has 0 aromatic rings. The summed E-state index contributed by atoms with van der Waals surface area (Å²) in [4.78, 5) is 37.3. The molecular formula is C49H92O6. The summed E-state index contributed by atoms with van der Waals surface area (Å²) in [6.07, 6.45) is 48.3. The minimum atomic E-state index is -0.758. The summed E-state index contributed by atoms with van der Waals surface area (Å²) in [6.45, 7) is 6.53. The number of hydrogen-bond donors (Lipinski definition) is 0. The van der Waals surface area contributed by atoms with E-state index in [0.29, 0.717) is 19.3 Å². The van der Waals surface area contributed by atoms with Gasteiger partial charge in [-0.1, -0.05) is 213 Å². The molecule has 0 rings (SSSR count). The molecule has 0 bridgehead atoms. The minimum Gasteiger partial charge on any atom is -0.462 e. The summed E-state index contributed by atoms with van der Waals surface area (Å²) in [7, 11) is 0. The Balaban J connectivity index is 3.90. The van der Waals surface area contributed by atoms with Gasteiger partial charge in [0, 0.05) is 19.3 Å². The van der Waals surface area contributed by atoms with Gasteiger partial charge in [-0.3, -0.25) is 14.4 Å². The van der Waals surface area contributed by atoms with Crippen LogP contribution in [0.5, 0.6) is 0 Å². The molecule has 0 amide bonds. The Bertz CT molecular complexity index is 854. The monoisotopic (exact) mass is 777 g/mol. The first kappa shape index (κ1) is 53.1. The number of ether oxygens (including phenoxy) is 3. The van der Waals surface area contributed by atoms with Crippen LogP contribution in [0.1, 0.15) is 265 Å². The fourth-order valence-corrected chi connectivity index (χ4v) is 7.08. The van der Waals surface area contributed by atoms with Crippen molar-refractivity contribution >= 4 is 17.9 Å². The van der Waals surface area contributed by atoms with Crippen LogP contribution in [0.25, 0.3) is 0 Å². The summed E-state index contributed by atoms with van der Waals surface area (Å²) in [5.41, 5.74) is 0. The van der Waals surface area contributed by atoms with E-state index in [0.717, 1.165) is 57.8 Å². The van der Waals surface area contributed by atoms with Crippen LogP contribution in [0.4, 0.5) is 0 Å². The second-order valence-corrected chi connectivity index (χ2v) is 16.4. The lowest BCUT2D eigenvalue weighted by Gasteiger charge is -2.18. The average Bonchev–Trinajstić information content (AvgIpc) is 3.18. The molecule has 0 spiro atoms. The number of carbonyl (C=O) groups excluding carboxylic acids is 3. The van der Waals surface area contributed by atoms with Crippen LogP contribution in [0.15, 0.2) is 12.2 Å². The van der Waals surface area contributed by atoms with E-state index in [1.807, 2.05) is 0 Å². The topological polar surface area (TPSA) is 78.9 Å². The lowest BCUT2D eigenvalue weighted by Crippen LogP contribution is -2.30. The SMILES string of the molecule is CCCCCCCCCC/C=C\CCCCCCCCCCCCCCCC(=O)OCC(COC(=O)CCCCCCCC)OC(=O)CCCCCCCC. The Morgan fingerprint density at radius 3 is 0.909 bits per heavy atom. The number of hydrogen-bond acceptors (Lipinski definition) is 6. The molecule has 6 nitrogen and oxygen atoms in total. The summed E-state index contributed by atoms with van der Waals surface area (Å²) < 4.78 is 16.5. The number of carbonyl (C=O) groups is 3. The Labute approximate surface area is 341 Å². The highest BCUT2D eigenvalue weighted by Crippen LogP contribution is 2.15. The molecule has 324 valence electrons. The van der Waals surface area contributed by atoms with Gasteiger partial charge in [-0.15, -0.1) is 0 Å². The molecule has 0 heterocycles. The maximum atomic E-state index is 12.5. The maximum absolute atomic E-state index is 12.5. The van der Waals surface area contributed by atoms with Crippen LogP contribution in [0.3, 0.4) is 0 Å². The second kappa shape index (κ2) is 44.9. The van der Waals surface area contributed by atoms with E-state index in [1.54, 1.807) is 0 Å². The molecule has 55 heavy (non-hydrogen) atoms. The molecule has 0 aliphatic rings. The number of esters is 3. The normalized spacial score (nSPS) is 12.0. The van der Waals surface area contributed by atoms with Crippen molar-refractivity contribution in [2.75, 3.05) is 13.2 Å². The van der Waals surface area contributed by atoms with E-state index in [-0.39, 0.29) is 31.1 Å². The third kappa shape index (κ3) is 43.1. The summed E-state index contributed by atoms with van der Waals surface area (Å²) >= 11 is 0. The van der Waals surface area contributed by atoms with Gasteiger partial charge in [0.15, 0.2) is 6.10 Å². The zero-order valence-corrected chi connectivity index (χ0v) is 37.0. The van der Waals surface area contributed by atoms with Crippen molar-refractivity contribution in [3.8, 4) is 0 Å². The molecule has 0 aliphatic heterocycles. The molecule has 1 atom stereocenters. The van der Waals surface area contributed by atoms with Gasteiger partial charge in [0.1, 0.15) is 13.2 Å². The Morgan fingerprint density at radius 1 is 0.345 bits per heavy atom. The first-order valence-corrected chi connectivity index (χ1v) is 24.2. The van der Waals surface area contributed by atoms with E-state index in [2.05, 4.69) is 32.9 Å². The zero-order chi connectivity index (χ0) is 40.1.